The number of esters is 1. The third kappa shape index (κ3) is 4.84. The molecular weight excluding hydrogens is 312 g/mol. The Balaban J connectivity index is 2.27. The first kappa shape index (κ1) is 18.0. The van der Waals surface area contributed by atoms with Gasteiger partial charge in [0.15, 0.2) is 11.6 Å². The van der Waals surface area contributed by atoms with Crippen molar-refractivity contribution in [3.63, 3.8) is 0 Å². The maximum Gasteiger partial charge on any atom is 0.416 e. The molecule has 0 saturated carbocycles. The molecule has 0 unspecified atom stereocenters. The number of fused-ring (bicyclic) bond motifs is 1. The fraction of sp³-hybridized carbons (Fsp3) is 0.588. The minimum atomic E-state index is -0.604. The van der Waals surface area contributed by atoms with Crippen LogP contribution in [0.4, 0.5) is 10.6 Å². The van der Waals surface area contributed by atoms with Gasteiger partial charge in [-0.05, 0) is 46.2 Å². The second-order valence-electron chi connectivity index (χ2n) is 6.44. The van der Waals surface area contributed by atoms with Gasteiger partial charge in [0.1, 0.15) is 5.60 Å². The minimum absolute atomic E-state index is 0.0449. The van der Waals surface area contributed by atoms with Crippen LogP contribution >= 0.6 is 0 Å². The van der Waals surface area contributed by atoms with Gasteiger partial charge in [-0.2, -0.15) is 0 Å². The molecule has 7 nitrogen and oxygen atoms in total. The Morgan fingerprint density at radius 3 is 2.75 bits per heavy atom. The molecule has 1 aliphatic rings. The molecule has 0 atom stereocenters. The number of hydrogen-bond donors (Lipinski definition) is 0. The molecule has 0 aromatic carbocycles. The van der Waals surface area contributed by atoms with E-state index in [2.05, 4.69) is 4.98 Å². The Morgan fingerprint density at radius 1 is 1.33 bits per heavy atom. The molecule has 1 aliphatic heterocycles. The lowest BCUT2D eigenvalue weighted by Crippen LogP contribution is -2.37. The number of anilines is 1. The van der Waals surface area contributed by atoms with Crippen molar-refractivity contribution in [2.24, 2.45) is 0 Å². The molecule has 0 saturated heterocycles. The lowest BCUT2D eigenvalue weighted by atomic mass is 10.2. The maximum atomic E-state index is 12.5. The van der Waals surface area contributed by atoms with Crippen LogP contribution in [0.25, 0.3) is 0 Å². The van der Waals surface area contributed by atoms with E-state index < -0.39 is 11.7 Å². The summed E-state index contributed by atoms with van der Waals surface area (Å²) in [7, 11) is 0. The zero-order valence-electron chi connectivity index (χ0n) is 14.6. The van der Waals surface area contributed by atoms with Crippen LogP contribution < -0.4 is 9.64 Å². The van der Waals surface area contributed by atoms with E-state index in [0.29, 0.717) is 43.4 Å². The molecule has 0 bridgehead atoms. The SMILES string of the molecule is CCOC(=O)Cc1ccc2c(n1)N(C(=O)OC(C)(C)C)CCCO2. The highest BCUT2D eigenvalue weighted by Gasteiger charge is 2.28. The number of amides is 1. The summed E-state index contributed by atoms with van der Waals surface area (Å²) in [6.45, 7) is 8.43. The average molecular weight is 336 g/mol. The van der Waals surface area contributed by atoms with E-state index in [0.717, 1.165) is 0 Å². The van der Waals surface area contributed by atoms with E-state index in [9.17, 15) is 9.59 Å². The van der Waals surface area contributed by atoms with Gasteiger partial charge in [0.05, 0.1) is 25.3 Å². The fourth-order valence-corrected chi connectivity index (χ4v) is 2.24. The summed E-state index contributed by atoms with van der Waals surface area (Å²) in [6, 6.07) is 3.42. The molecule has 0 spiro atoms. The molecule has 0 fully saturated rings. The summed E-state index contributed by atoms with van der Waals surface area (Å²) in [6.07, 6.45) is 0.238. The van der Waals surface area contributed by atoms with Crippen LogP contribution in [0.15, 0.2) is 12.1 Å². The van der Waals surface area contributed by atoms with Gasteiger partial charge >= 0.3 is 12.1 Å². The molecule has 1 aromatic rings. The van der Waals surface area contributed by atoms with Gasteiger partial charge in [-0.1, -0.05) is 0 Å². The Hall–Kier alpha value is -2.31. The quantitative estimate of drug-likeness (QED) is 0.790. The number of pyridine rings is 1. The predicted molar refractivity (Wildman–Crippen MR) is 88.3 cm³/mol. The van der Waals surface area contributed by atoms with Crippen molar-refractivity contribution >= 4 is 17.9 Å². The smallest absolute Gasteiger partial charge is 0.416 e. The van der Waals surface area contributed by atoms with E-state index >= 15 is 0 Å². The molecule has 0 aliphatic carbocycles. The fourth-order valence-electron chi connectivity index (χ4n) is 2.24. The lowest BCUT2D eigenvalue weighted by Gasteiger charge is -2.26. The Kier molecular flexibility index (Phi) is 5.64. The van der Waals surface area contributed by atoms with Crippen LogP contribution in [-0.4, -0.2) is 42.4 Å². The van der Waals surface area contributed by atoms with Crippen LogP contribution in [0.5, 0.6) is 5.75 Å². The van der Waals surface area contributed by atoms with Gasteiger partial charge in [0.2, 0.25) is 0 Å². The number of rotatable bonds is 3. The van der Waals surface area contributed by atoms with Crippen LogP contribution in [-0.2, 0) is 20.7 Å². The van der Waals surface area contributed by atoms with Gasteiger partial charge in [-0.25, -0.2) is 9.78 Å². The minimum Gasteiger partial charge on any atom is -0.490 e. The number of carbonyl (C=O) groups is 2. The van der Waals surface area contributed by atoms with Crippen molar-refractivity contribution in [2.45, 2.75) is 46.1 Å². The molecule has 7 heteroatoms. The summed E-state index contributed by atoms with van der Waals surface area (Å²) in [5.74, 6) is 0.526. The number of nitrogens with zero attached hydrogens (tertiary/aromatic N) is 2. The third-order valence-corrected chi connectivity index (χ3v) is 3.18. The average Bonchev–Trinajstić information content (AvgIpc) is 2.67. The van der Waals surface area contributed by atoms with Crippen molar-refractivity contribution in [2.75, 3.05) is 24.7 Å². The van der Waals surface area contributed by atoms with Gasteiger partial charge in [-0.3, -0.25) is 9.69 Å². The van der Waals surface area contributed by atoms with E-state index in [1.54, 1.807) is 19.1 Å². The summed E-state index contributed by atoms with van der Waals surface area (Å²) in [5.41, 5.74) is -0.0845. The van der Waals surface area contributed by atoms with E-state index in [4.69, 9.17) is 14.2 Å². The van der Waals surface area contributed by atoms with E-state index in [1.807, 2.05) is 20.8 Å². The predicted octanol–water partition coefficient (Wildman–Crippen LogP) is 2.71. The first-order valence-corrected chi connectivity index (χ1v) is 8.09. The van der Waals surface area contributed by atoms with Crippen molar-refractivity contribution in [3.8, 4) is 5.75 Å². The summed E-state index contributed by atoms with van der Waals surface area (Å²) < 4.78 is 16.0. The zero-order valence-corrected chi connectivity index (χ0v) is 14.6. The van der Waals surface area contributed by atoms with Crippen LogP contribution in [0.2, 0.25) is 0 Å². The second kappa shape index (κ2) is 7.51. The number of ether oxygens (including phenoxy) is 3. The van der Waals surface area contributed by atoms with E-state index in [1.165, 1.54) is 4.90 Å². The molecule has 0 N–H and O–H groups in total. The van der Waals surface area contributed by atoms with E-state index in [-0.39, 0.29) is 12.4 Å². The number of aromatic nitrogens is 1. The van der Waals surface area contributed by atoms with Crippen molar-refractivity contribution in [1.29, 1.82) is 0 Å². The Bertz CT molecular complexity index is 609. The molecule has 1 aromatic heterocycles. The van der Waals surface area contributed by atoms with Gasteiger partial charge in [-0.15, -0.1) is 0 Å². The van der Waals surface area contributed by atoms with Gasteiger partial charge in [0.25, 0.3) is 0 Å². The maximum absolute atomic E-state index is 12.5. The highest BCUT2D eigenvalue weighted by atomic mass is 16.6. The van der Waals surface area contributed by atoms with Crippen molar-refractivity contribution in [1.82, 2.24) is 4.98 Å². The van der Waals surface area contributed by atoms with Crippen molar-refractivity contribution < 1.29 is 23.8 Å². The molecule has 2 rings (SSSR count). The topological polar surface area (TPSA) is 78.0 Å². The van der Waals surface area contributed by atoms with Crippen LogP contribution in [0.1, 0.15) is 39.8 Å². The molecular formula is C17H24N2O5. The molecule has 0 radical (unpaired) electrons. The summed E-state index contributed by atoms with van der Waals surface area (Å²) in [5, 5.41) is 0. The van der Waals surface area contributed by atoms with Gasteiger partial charge in [0, 0.05) is 6.54 Å². The summed E-state index contributed by atoms with van der Waals surface area (Å²) >= 11 is 0. The first-order chi connectivity index (χ1) is 11.3. The third-order valence-electron chi connectivity index (χ3n) is 3.18. The largest absolute Gasteiger partial charge is 0.490 e. The highest BCUT2D eigenvalue weighted by Crippen LogP contribution is 2.30. The molecule has 132 valence electrons. The molecule has 24 heavy (non-hydrogen) atoms. The molecule has 1 amide bonds. The summed E-state index contributed by atoms with van der Waals surface area (Å²) in [4.78, 5) is 30.0. The standard InChI is InChI=1S/C17H24N2O5/c1-5-22-14(20)11-12-7-8-13-15(18-12)19(9-6-10-23-13)16(21)24-17(2,3)4/h7-8H,5-6,9-11H2,1-4H3. The first-order valence-electron chi connectivity index (χ1n) is 8.09. The zero-order chi connectivity index (χ0) is 17.7. The van der Waals surface area contributed by atoms with Crippen LogP contribution in [0.3, 0.4) is 0 Å². The number of carbonyl (C=O) groups excluding carboxylic acids is 2. The number of hydrogen-bond acceptors (Lipinski definition) is 6. The van der Waals surface area contributed by atoms with Gasteiger partial charge < -0.3 is 14.2 Å². The highest BCUT2D eigenvalue weighted by molar-refractivity contribution is 5.88. The lowest BCUT2D eigenvalue weighted by molar-refractivity contribution is -0.142. The second-order valence-corrected chi connectivity index (χ2v) is 6.44. The molecule has 2 heterocycles. The normalized spacial score (nSPS) is 14.2. The monoisotopic (exact) mass is 336 g/mol. The van der Waals surface area contributed by atoms with Crippen LogP contribution in [0, 0.1) is 0 Å². The Labute approximate surface area is 141 Å². The Morgan fingerprint density at radius 2 is 2.08 bits per heavy atom. The van der Waals surface area contributed by atoms with Crippen molar-refractivity contribution in [3.05, 3.63) is 17.8 Å².